The molecule has 1 fully saturated rings. The van der Waals surface area contributed by atoms with Crippen LogP contribution >= 0.6 is 0 Å². The Bertz CT molecular complexity index is 1250. The fourth-order valence-electron chi connectivity index (χ4n) is 4.99. The SMILES string of the molecule is C=CC(=O)N(CC)C(C)CC#N.CN1CCC[C@H]1COc1nc(N)c2c(n1)CN(c1ccncc1C(F)(F)F)CC2. The number of nitrogens with two attached hydrogens (primary N) is 1. The molecule has 2 aliphatic heterocycles. The third-order valence-corrected chi connectivity index (χ3v) is 7.31. The Hall–Kier alpha value is -3.92. The number of pyridine rings is 1. The summed E-state index contributed by atoms with van der Waals surface area (Å²) in [5.74, 6) is 0.218. The van der Waals surface area contributed by atoms with Gasteiger partial charge in [-0.1, -0.05) is 6.58 Å². The van der Waals surface area contributed by atoms with Crippen LogP contribution in [0.4, 0.5) is 24.7 Å². The predicted molar refractivity (Wildman–Crippen MR) is 149 cm³/mol. The lowest BCUT2D eigenvalue weighted by molar-refractivity contribution is -0.137. The highest BCUT2D eigenvalue weighted by atomic mass is 19.4. The number of rotatable bonds is 8. The summed E-state index contributed by atoms with van der Waals surface area (Å²) in [6.45, 7) is 9.84. The molecule has 0 spiro atoms. The fraction of sp³-hybridized carbons (Fsp3) is 0.536. The molecule has 41 heavy (non-hydrogen) atoms. The Labute approximate surface area is 238 Å². The monoisotopic (exact) mass is 574 g/mol. The van der Waals surface area contributed by atoms with E-state index in [1.54, 1.807) is 9.80 Å². The molecule has 0 aliphatic carbocycles. The zero-order valence-electron chi connectivity index (χ0n) is 23.7. The van der Waals surface area contributed by atoms with Crippen molar-refractivity contribution in [3.05, 3.63) is 47.9 Å². The molecule has 1 unspecified atom stereocenters. The number of carbonyl (C=O) groups excluding carboxylic acids is 1. The maximum absolute atomic E-state index is 13.4. The van der Waals surface area contributed by atoms with Gasteiger partial charge in [0.1, 0.15) is 12.4 Å². The van der Waals surface area contributed by atoms with Gasteiger partial charge in [-0.15, -0.1) is 0 Å². The van der Waals surface area contributed by atoms with E-state index in [1.807, 2.05) is 27.0 Å². The number of likely N-dealkylation sites (tertiary alicyclic amines) is 1. The Balaban J connectivity index is 0.000000327. The molecular formula is C28H37F3N8O2. The van der Waals surface area contributed by atoms with Gasteiger partial charge in [-0.3, -0.25) is 9.78 Å². The van der Waals surface area contributed by atoms with Gasteiger partial charge in [-0.05, 0) is 58.8 Å². The molecule has 2 atom stereocenters. The van der Waals surface area contributed by atoms with E-state index in [9.17, 15) is 18.0 Å². The maximum Gasteiger partial charge on any atom is 0.419 e. The molecule has 0 saturated carbocycles. The smallest absolute Gasteiger partial charge is 0.419 e. The number of nitrogen functional groups attached to an aromatic ring is 1. The van der Waals surface area contributed by atoms with E-state index in [4.69, 9.17) is 15.7 Å². The van der Waals surface area contributed by atoms with Crippen molar-refractivity contribution in [2.75, 3.05) is 43.9 Å². The number of hydrogen-bond acceptors (Lipinski definition) is 9. The highest BCUT2D eigenvalue weighted by Crippen LogP contribution is 2.37. The average Bonchev–Trinajstić information content (AvgIpc) is 3.36. The van der Waals surface area contributed by atoms with Crippen LogP contribution in [0.3, 0.4) is 0 Å². The number of nitrogens with zero attached hydrogens (tertiary/aromatic N) is 7. The van der Waals surface area contributed by atoms with Crippen molar-refractivity contribution in [3.8, 4) is 12.1 Å². The van der Waals surface area contributed by atoms with Crippen LogP contribution in [0.15, 0.2) is 31.1 Å². The molecule has 2 aromatic rings. The molecule has 4 heterocycles. The predicted octanol–water partition coefficient (Wildman–Crippen LogP) is 3.83. The highest BCUT2D eigenvalue weighted by molar-refractivity contribution is 5.87. The van der Waals surface area contributed by atoms with Crippen molar-refractivity contribution >= 4 is 17.4 Å². The van der Waals surface area contributed by atoms with Crippen LogP contribution in [0.1, 0.15) is 49.9 Å². The number of halogens is 3. The van der Waals surface area contributed by atoms with Gasteiger partial charge >= 0.3 is 12.2 Å². The lowest BCUT2D eigenvalue weighted by Gasteiger charge is -2.32. The van der Waals surface area contributed by atoms with Gasteiger partial charge in [-0.25, -0.2) is 0 Å². The zero-order chi connectivity index (χ0) is 30.2. The first kappa shape index (κ1) is 31.6. The van der Waals surface area contributed by atoms with E-state index < -0.39 is 11.7 Å². The number of alkyl halides is 3. The number of likely N-dealkylation sites (N-methyl/N-ethyl adjacent to an activating group) is 2. The average molecular weight is 575 g/mol. The normalized spacial score (nSPS) is 17.5. The van der Waals surface area contributed by atoms with Crippen molar-refractivity contribution in [2.24, 2.45) is 0 Å². The number of amides is 1. The summed E-state index contributed by atoms with van der Waals surface area (Å²) in [6.07, 6.45) is 2.02. The fourth-order valence-corrected chi connectivity index (χ4v) is 4.99. The van der Waals surface area contributed by atoms with Crippen LogP contribution in [0.25, 0.3) is 0 Å². The van der Waals surface area contributed by atoms with Crippen molar-refractivity contribution in [2.45, 2.75) is 64.3 Å². The number of fused-ring (bicyclic) bond motifs is 1. The topological polar surface area (TPSA) is 124 Å². The summed E-state index contributed by atoms with van der Waals surface area (Å²) in [6, 6.07) is 3.87. The third-order valence-electron chi connectivity index (χ3n) is 7.31. The molecule has 0 radical (unpaired) electrons. The first-order chi connectivity index (χ1) is 19.5. The number of hydrogen-bond donors (Lipinski definition) is 1. The van der Waals surface area contributed by atoms with E-state index in [0.717, 1.165) is 31.1 Å². The second-order valence-electron chi connectivity index (χ2n) is 10.0. The molecule has 1 amide bonds. The number of carbonyl (C=O) groups is 1. The number of ether oxygens (including phenoxy) is 1. The van der Waals surface area contributed by atoms with E-state index in [1.165, 1.54) is 18.3 Å². The molecule has 10 nitrogen and oxygen atoms in total. The first-order valence-corrected chi connectivity index (χ1v) is 13.5. The van der Waals surface area contributed by atoms with Crippen molar-refractivity contribution < 1.29 is 22.7 Å². The molecule has 13 heteroatoms. The zero-order valence-corrected chi connectivity index (χ0v) is 23.7. The van der Waals surface area contributed by atoms with Gasteiger partial charge in [0, 0.05) is 43.1 Å². The maximum atomic E-state index is 13.4. The van der Waals surface area contributed by atoms with Crippen LogP contribution in [0, 0.1) is 11.3 Å². The van der Waals surface area contributed by atoms with E-state index in [-0.39, 0.29) is 30.2 Å². The lowest BCUT2D eigenvalue weighted by Crippen LogP contribution is -2.37. The number of aromatic nitrogens is 3. The molecule has 4 rings (SSSR count). The second kappa shape index (κ2) is 14.1. The van der Waals surface area contributed by atoms with Crippen molar-refractivity contribution in [1.82, 2.24) is 24.8 Å². The summed E-state index contributed by atoms with van der Waals surface area (Å²) in [7, 11) is 2.05. The Morgan fingerprint density at radius 3 is 2.76 bits per heavy atom. The second-order valence-corrected chi connectivity index (χ2v) is 10.0. The summed E-state index contributed by atoms with van der Waals surface area (Å²) < 4.78 is 45.9. The van der Waals surface area contributed by atoms with Gasteiger partial charge in [0.2, 0.25) is 5.91 Å². The Morgan fingerprint density at radius 1 is 1.39 bits per heavy atom. The van der Waals surface area contributed by atoms with Crippen LogP contribution in [0.5, 0.6) is 6.01 Å². The largest absolute Gasteiger partial charge is 0.462 e. The Morgan fingerprint density at radius 2 is 2.15 bits per heavy atom. The van der Waals surface area contributed by atoms with Crippen LogP contribution < -0.4 is 15.4 Å². The highest BCUT2D eigenvalue weighted by Gasteiger charge is 2.36. The van der Waals surface area contributed by atoms with Gasteiger partial charge in [0.15, 0.2) is 0 Å². The van der Waals surface area contributed by atoms with Crippen LogP contribution in [0.2, 0.25) is 0 Å². The molecular weight excluding hydrogens is 537 g/mol. The molecule has 222 valence electrons. The lowest BCUT2D eigenvalue weighted by atomic mass is 10.0. The molecule has 0 bridgehead atoms. The quantitative estimate of drug-likeness (QED) is 0.469. The third kappa shape index (κ3) is 8.07. The van der Waals surface area contributed by atoms with E-state index in [2.05, 4.69) is 26.4 Å². The van der Waals surface area contributed by atoms with Crippen molar-refractivity contribution in [3.63, 3.8) is 0 Å². The van der Waals surface area contributed by atoms with Gasteiger partial charge in [0.05, 0.1) is 36.0 Å². The van der Waals surface area contributed by atoms with Crippen LogP contribution in [-0.4, -0.2) is 76.0 Å². The summed E-state index contributed by atoms with van der Waals surface area (Å²) >= 11 is 0. The number of nitriles is 1. The summed E-state index contributed by atoms with van der Waals surface area (Å²) in [4.78, 5) is 29.0. The molecule has 2 aromatic heterocycles. The van der Waals surface area contributed by atoms with E-state index in [0.29, 0.717) is 50.1 Å². The molecule has 2 N–H and O–H groups in total. The standard InChI is InChI=1S/C19H23F3N6O.C9H14N2O/c1-27-7-2-3-12(27)11-29-18-25-15-10-28(8-5-13(15)17(23)26-18)16-4-6-24-9-14(16)19(20,21)22;1-4-9(12)11(5-2)8(3)6-7-10/h4,6,9,12H,2-3,5,7-8,10-11H2,1H3,(H2,23,25,26);4,8H,1,5-6H2,2-3H3/t12-;/m0./s1. The molecule has 2 aliphatic rings. The van der Waals surface area contributed by atoms with Crippen molar-refractivity contribution in [1.29, 1.82) is 5.26 Å². The minimum absolute atomic E-state index is 0.0227. The number of anilines is 2. The molecule has 0 aromatic carbocycles. The van der Waals surface area contributed by atoms with Crippen LogP contribution in [-0.2, 0) is 23.9 Å². The minimum Gasteiger partial charge on any atom is -0.462 e. The van der Waals surface area contributed by atoms with Gasteiger partial charge in [0.25, 0.3) is 0 Å². The Kier molecular flexibility index (Phi) is 10.9. The minimum atomic E-state index is -4.48. The van der Waals surface area contributed by atoms with E-state index >= 15 is 0 Å². The molecule has 1 saturated heterocycles. The van der Waals surface area contributed by atoms with Gasteiger partial charge < -0.3 is 25.2 Å². The van der Waals surface area contributed by atoms with Gasteiger partial charge in [-0.2, -0.15) is 28.4 Å². The summed E-state index contributed by atoms with van der Waals surface area (Å²) in [5, 5.41) is 8.42. The first-order valence-electron chi connectivity index (χ1n) is 13.5. The summed E-state index contributed by atoms with van der Waals surface area (Å²) in [5.41, 5.74) is 6.79.